The number of hydrogen-bond acceptors (Lipinski definition) is 3. The van der Waals surface area contributed by atoms with Gasteiger partial charge < -0.3 is 9.84 Å². The van der Waals surface area contributed by atoms with Crippen LogP contribution >= 0.6 is 0 Å². The molecule has 1 atom stereocenters. The van der Waals surface area contributed by atoms with E-state index in [1.165, 1.54) is 4.90 Å². The molecule has 0 saturated carbocycles. The lowest BCUT2D eigenvalue weighted by Crippen LogP contribution is -2.42. The number of aliphatic carboxylic acids is 1. The summed E-state index contributed by atoms with van der Waals surface area (Å²) in [4.78, 5) is 25.6. The Hall–Kier alpha value is -2.82. The number of para-hydroxylation sites is 1. The van der Waals surface area contributed by atoms with E-state index in [9.17, 15) is 14.7 Å². The van der Waals surface area contributed by atoms with Gasteiger partial charge in [-0.2, -0.15) is 0 Å². The number of carbonyl (C=O) groups excluding carboxylic acids is 1. The van der Waals surface area contributed by atoms with Gasteiger partial charge in [0.05, 0.1) is 7.11 Å². The second-order valence-electron chi connectivity index (χ2n) is 5.09. The van der Waals surface area contributed by atoms with Crippen molar-refractivity contribution in [1.29, 1.82) is 0 Å². The van der Waals surface area contributed by atoms with Crippen molar-refractivity contribution in [1.82, 2.24) is 0 Å². The van der Waals surface area contributed by atoms with E-state index in [2.05, 4.69) is 0 Å². The van der Waals surface area contributed by atoms with Gasteiger partial charge in [-0.15, -0.1) is 0 Å². The normalized spacial score (nSPS) is 16.2. The Morgan fingerprint density at radius 2 is 1.82 bits per heavy atom. The Labute approximate surface area is 127 Å². The first-order valence-electron chi connectivity index (χ1n) is 6.90. The van der Waals surface area contributed by atoms with E-state index in [-0.39, 0.29) is 5.91 Å². The number of carboxylic acid groups (broad SMARTS) is 1. The number of benzene rings is 2. The van der Waals surface area contributed by atoms with Crippen molar-refractivity contribution in [2.75, 3.05) is 12.0 Å². The Bertz CT molecular complexity index is 724. The van der Waals surface area contributed by atoms with Gasteiger partial charge in [-0.25, -0.2) is 4.79 Å². The number of fused-ring (bicyclic) bond motifs is 1. The van der Waals surface area contributed by atoms with Crippen molar-refractivity contribution in [2.45, 2.75) is 12.5 Å². The molecule has 5 heteroatoms. The van der Waals surface area contributed by atoms with E-state index >= 15 is 0 Å². The van der Waals surface area contributed by atoms with Crippen LogP contribution in [0.15, 0.2) is 48.5 Å². The lowest BCUT2D eigenvalue weighted by molar-refractivity contribution is -0.138. The van der Waals surface area contributed by atoms with Crippen LogP contribution in [0.2, 0.25) is 0 Å². The van der Waals surface area contributed by atoms with Gasteiger partial charge in [0.15, 0.2) is 0 Å². The van der Waals surface area contributed by atoms with Gasteiger partial charge in [-0.05, 0) is 35.9 Å². The first kappa shape index (κ1) is 14.1. The molecule has 1 aliphatic rings. The second kappa shape index (κ2) is 5.52. The number of hydrogen-bond donors (Lipinski definition) is 1. The van der Waals surface area contributed by atoms with E-state index in [4.69, 9.17) is 4.74 Å². The van der Waals surface area contributed by atoms with Gasteiger partial charge in [0.25, 0.3) is 5.91 Å². The van der Waals surface area contributed by atoms with Crippen LogP contribution in [0.25, 0.3) is 0 Å². The number of rotatable bonds is 3. The maximum absolute atomic E-state index is 12.7. The number of nitrogens with zero attached hydrogens (tertiary/aromatic N) is 1. The molecule has 0 aromatic heterocycles. The van der Waals surface area contributed by atoms with Gasteiger partial charge in [-0.3, -0.25) is 9.69 Å². The topological polar surface area (TPSA) is 66.8 Å². The fourth-order valence-electron chi connectivity index (χ4n) is 2.71. The Morgan fingerprint density at radius 1 is 1.14 bits per heavy atom. The molecule has 0 radical (unpaired) electrons. The van der Waals surface area contributed by atoms with Crippen LogP contribution in [-0.2, 0) is 11.2 Å². The molecule has 0 fully saturated rings. The third kappa shape index (κ3) is 2.30. The highest BCUT2D eigenvalue weighted by Gasteiger charge is 2.38. The van der Waals surface area contributed by atoms with Crippen LogP contribution in [0, 0.1) is 0 Å². The average Bonchev–Trinajstić information content (AvgIpc) is 2.94. The fraction of sp³-hybridized carbons (Fsp3) is 0.176. The quantitative estimate of drug-likeness (QED) is 0.944. The minimum atomic E-state index is -1.00. The molecule has 0 bridgehead atoms. The van der Waals surface area contributed by atoms with Crippen molar-refractivity contribution in [3.8, 4) is 5.75 Å². The first-order valence-corrected chi connectivity index (χ1v) is 6.90. The summed E-state index contributed by atoms with van der Waals surface area (Å²) < 4.78 is 5.07. The molecule has 1 amide bonds. The molecular weight excluding hydrogens is 282 g/mol. The molecule has 0 saturated heterocycles. The molecule has 1 unspecified atom stereocenters. The lowest BCUT2D eigenvalue weighted by atomic mass is 10.1. The summed E-state index contributed by atoms with van der Waals surface area (Å²) in [6, 6.07) is 13.1. The molecule has 112 valence electrons. The zero-order valence-electron chi connectivity index (χ0n) is 12.0. The molecule has 2 aromatic rings. The molecule has 0 spiro atoms. The molecule has 5 nitrogen and oxygen atoms in total. The fourth-order valence-corrected chi connectivity index (χ4v) is 2.71. The van der Waals surface area contributed by atoms with Crippen LogP contribution in [0.3, 0.4) is 0 Å². The van der Waals surface area contributed by atoms with Gasteiger partial charge >= 0.3 is 5.97 Å². The molecule has 1 heterocycles. The standard InChI is InChI=1S/C17H15NO4/c1-22-13-8-6-11(7-9-13)16(19)18-14-5-3-2-4-12(14)10-15(18)17(20)21/h2-9,15H,10H2,1H3,(H,20,21). The number of amides is 1. The smallest absolute Gasteiger partial charge is 0.327 e. The molecule has 1 aliphatic heterocycles. The highest BCUT2D eigenvalue weighted by atomic mass is 16.5. The molecule has 1 N–H and O–H groups in total. The SMILES string of the molecule is COc1ccc(C(=O)N2c3ccccc3CC2C(=O)O)cc1. The lowest BCUT2D eigenvalue weighted by Gasteiger charge is -2.22. The summed E-state index contributed by atoms with van der Waals surface area (Å²) >= 11 is 0. The van der Waals surface area contributed by atoms with Crippen LogP contribution in [0.1, 0.15) is 15.9 Å². The van der Waals surface area contributed by atoms with Gasteiger partial charge in [0.1, 0.15) is 11.8 Å². The van der Waals surface area contributed by atoms with E-state index < -0.39 is 12.0 Å². The van der Waals surface area contributed by atoms with Crippen molar-refractivity contribution >= 4 is 17.6 Å². The minimum absolute atomic E-state index is 0.319. The van der Waals surface area contributed by atoms with E-state index in [1.807, 2.05) is 12.1 Å². The number of methoxy groups -OCH3 is 1. The number of carbonyl (C=O) groups is 2. The number of anilines is 1. The summed E-state index contributed by atoms with van der Waals surface area (Å²) in [7, 11) is 1.55. The summed E-state index contributed by atoms with van der Waals surface area (Å²) in [5.41, 5.74) is 1.97. The van der Waals surface area contributed by atoms with E-state index in [0.717, 1.165) is 5.56 Å². The molecule has 22 heavy (non-hydrogen) atoms. The predicted octanol–water partition coefficient (Wildman–Crippen LogP) is 2.35. The zero-order chi connectivity index (χ0) is 15.7. The third-order valence-electron chi connectivity index (χ3n) is 3.82. The van der Waals surface area contributed by atoms with Crippen LogP contribution in [0.5, 0.6) is 5.75 Å². The zero-order valence-corrected chi connectivity index (χ0v) is 12.0. The third-order valence-corrected chi connectivity index (χ3v) is 3.82. The van der Waals surface area contributed by atoms with Crippen molar-refractivity contribution in [3.63, 3.8) is 0 Å². The largest absolute Gasteiger partial charge is 0.497 e. The van der Waals surface area contributed by atoms with Crippen molar-refractivity contribution in [2.24, 2.45) is 0 Å². The van der Waals surface area contributed by atoms with Crippen LogP contribution in [-0.4, -0.2) is 30.1 Å². The molecule has 3 rings (SSSR count). The Balaban J connectivity index is 1.99. The highest BCUT2D eigenvalue weighted by Crippen LogP contribution is 2.33. The first-order chi connectivity index (χ1) is 10.6. The highest BCUT2D eigenvalue weighted by molar-refractivity contribution is 6.10. The van der Waals surface area contributed by atoms with Crippen LogP contribution < -0.4 is 9.64 Å². The average molecular weight is 297 g/mol. The van der Waals surface area contributed by atoms with Crippen molar-refractivity contribution in [3.05, 3.63) is 59.7 Å². The molecule has 0 aliphatic carbocycles. The summed E-state index contributed by atoms with van der Waals surface area (Å²) in [5, 5.41) is 9.42. The Kier molecular flexibility index (Phi) is 3.55. The molecule has 2 aromatic carbocycles. The van der Waals surface area contributed by atoms with E-state index in [1.54, 1.807) is 43.5 Å². The van der Waals surface area contributed by atoms with Gasteiger partial charge in [-0.1, -0.05) is 18.2 Å². The maximum atomic E-state index is 12.7. The molecular formula is C17H15NO4. The second-order valence-corrected chi connectivity index (χ2v) is 5.09. The van der Waals surface area contributed by atoms with Gasteiger partial charge in [0, 0.05) is 17.7 Å². The number of ether oxygens (including phenoxy) is 1. The Morgan fingerprint density at radius 3 is 2.45 bits per heavy atom. The van der Waals surface area contributed by atoms with Gasteiger partial charge in [0.2, 0.25) is 0 Å². The van der Waals surface area contributed by atoms with E-state index in [0.29, 0.717) is 23.4 Å². The summed E-state index contributed by atoms with van der Waals surface area (Å²) in [6.45, 7) is 0. The summed E-state index contributed by atoms with van der Waals surface area (Å²) in [5.74, 6) is -0.675. The monoisotopic (exact) mass is 297 g/mol. The predicted molar refractivity (Wildman–Crippen MR) is 81.4 cm³/mol. The minimum Gasteiger partial charge on any atom is -0.497 e. The maximum Gasteiger partial charge on any atom is 0.327 e. The number of carboxylic acids is 1. The van der Waals surface area contributed by atoms with Crippen LogP contribution in [0.4, 0.5) is 5.69 Å². The summed E-state index contributed by atoms with van der Waals surface area (Å²) in [6.07, 6.45) is 0.327. The van der Waals surface area contributed by atoms with Crippen molar-refractivity contribution < 1.29 is 19.4 Å².